The summed E-state index contributed by atoms with van der Waals surface area (Å²) in [7, 11) is 0. The molecule has 0 spiro atoms. The molecule has 5 nitrogen and oxygen atoms in total. The van der Waals surface area contributed by atoms with Gasteiger partial charge in [0.2, 0.25) is 0 Å². The van der Waals surface area contributed by atoms with Crippen molar-refractivity contribution in [2.24, 2.45) is 0 Å². The highest BCUT2D eigenvalue weighted by Crippen LogP contribution is 2.32. The van der Waals surface area contributed by atoms with Gasteiger partial charge in [-0.05, 0) is 11.6 Å². The van der Waals surface area contributed by atoms with Crippen LogP contribution < -0.4 is 10.6 Å². The number of nitrogen functional groups attached to an aromatic ring is 1. The number of benzene rings is 1. The number of ether oxygens (including phenoxy) is 1. The standard InChI is InChI=1S/C18H17N3O2S/c19-17-15(24-18(20-17)21-7-9-23-10-8-21)11-13-6-5-12-3-1-2-4-14(12)16(13)22/h1-6,11H,7-10,19H2. The zero-order valence-electron chi connectivity index (χ0n) is 13.1. The molecule has 1 aromatic heterocycles. The number of nitrogens with zero attached hydrogens (tertiary/aromatic N) is 2. The van der Waals surface area contributed by atoms with Crippen molar-refractivity contribution in [1.82, 2.24) is 4.98 Å². The summed E-state index contributed by atoms with van der Waals surface area (Å²) in [5.74, 6) is 0.489. The Kier molecular flexibility index (Phi) is 3.92. The fraction of sp³-hybridized carbons (Fsp3) is 0.222. The van der Waals surface area contributed by atoms with Gasteiger partial charge in [-0.2, -0.15) is 0 Å². The van der Waals surface area contributed by atoms with Crippen molar-refractivity contribution in [3.63, 3.8) is 0 Å². The van der Waals surface area contributed by atoms with Crippen molar-refractivity contribution >= 4 is 40.2 Å². The second kappa shape index (κ2) is 6.22. The molecule has 2 aromatic rings. The number of nitrogens with two attached hydrogens (primary N) is 1. The summed E-state index contributed by atoms with van der Waals surface area (Å²) in [5, 5.41) is 0.885. The SMILES string of the molecule is Nc1nc(N2CCOCC2)sc1C=C1C=Cc2ccccc2C1=O. The van der Waals surface area contributed by atoms with Gasteiger partial charge in [0.05, 0.1) is 18.1 Å². The molecule has 0 unspecified atom stereocenters. The van der Waals surface area contributed by atoms with Gasteiger partial charge in [-0.3, -0.25) is 4.79 Å². The minimum atomic E-state index is 0.0221. The van der Waals surface area contributed by atoms with Crippen molar-refractivity contribution in [1.29, 1.82) is 0 Å². The van der Waals surface area contributed by atoms with E-state index in [4.69, 9.17) is 10.5 Å². The van der Waals surface area contributed by atoms with Gasteiger partial charge >= 0.3 is 0 Å². The van der Waals surface area contributed by atoms with Crippen LogP contribution in [0.1, 0.15) is 20.8 Å². The fourth-order valence-corrected chi connectivity index (χ4v) is 3.83. The van der Waals surface area contributed by atoms with Crippen LogP contribution in [-0.4, -0.2) is 37.1 Å². The maximum atomic E-state index is 12.6. The summed E-state index contributed by atoms with van der Waals surface area (Å²) in [6.45, 7) is 3.03. The van der Waals surface area contributed by atoms with E-state index in [0.717, 1.165) is 34.2 Å². The Bertz CT molecular complexity index is 848. The van der Waals surface area contributed by atoms with Gasteiger partial charge in [-0.15, -0.1) is 0 Å². The first-order valence-electron chi connectivity index (χ1n) is 7.85. The number of ketones is 1. The first-order chi connectivity index (χ1) is 11.7. The van der Waals surface area contributed by atoms with Gasteiger partial charge < -0.3 is 15.4 Å². The Hall–Kier alpha value is -2.44. The predicted octanol–water partition coefficient (Wildman–Crippen LogP) is 2.86. The Balaban J connectivity index is 1.64. The van der Waals surface area contributed by atoms with E-state index in [-0.39, 0.29) is 5.78 Å². The van der Waals surface area contributed by atoms with Crippen LogP contribution in [0.3, 0.4) is 0 Å². The number of fused-ring (bicyclic) bond motifs is 1. The van der Waals surface area contributed by atoms with E-state index in [2.05, 4.69) is 9.88 Å². The lowest BCUT2D eigenvalue weighted by Crippen LogP contribution is -2.36. The lowest BCUT2D eigenvalue weighted by molar-refractivity contribution is 0.103. The molecule has 0 radical (unpaired) electrons. The highest BCUT2D eigenvalue weighted by Gasteiger charge is 2.20. The molecule has 2 heterocycles. The summed E-state index contributed by atoms with van der Waals surface area (Å²) < 4.78 is 5.37. The molecule has 0 atom stereocenters. The van der Waals surface area contributed by atoms with Gasteiger partial charge in [0.1, 0.15) is 5.82 Å². The van der Waals surface area contributed by atoms with E-state index in [0.29, 0.717) is 24.6 Å². The first-order valence-corrected chi connectivity index (χ1v) is 8.66. The molecule has 1 aliphatic carbocycles. The summed E-state index contributed by atoms with van der Waals surface area (Å²) in [4.78, 5) is 20.1. The van der Waals surface area contributed by atoms with Gasteiger partial charge in [0, 0.05) is 24.2 Å². The van der Waals surface area contributed by atoms with Gasteiger partial charge in [-0.25, -0.2) is 4.98 Å². The number of carbonyl (C=O) groups is 1. The number of allylic oxidation sites excluding steroid dienone is 2. The predicted molar refractivity (Wildman–Crippen MR) is 97.3 cm³/mol. The highest BCUT2D eigenvalue weighted by atomic mass is 32.1. The van der Waals surface area contributed by atoms with Crippen molar-refractivity contribution in [2.75, 3.05) is 36.9 Å². The van der Waals surface area contributed by atoms with E-state index < -0.39 is 0 Å². The van der Waals surface area contributed by atoms with Crippen LogP contribution in [0.25, 0.3) is 12.2 Å². The van der Waals surface area contributed by atoms with Crippen molar-refractivity contribution in [3.8, 4) is 0 Å². The third kappa shape index (κ3) is 2.74. The largest absolute Gasteiger partial charge is 0.382 e. The van der Waals surface area contributed by atoms with Crippen LogP contribution in [0, 0.1) is 0 Å². The zero-order chi connectivity index (χ0) is 16.5. The second-order valence-electron chi connectivity index (χ2n) is 5.69. The summed E-state index contributed by atoms with van der Waals surface area (Å²) >= 11 is 1.51. The Morgan fingerprint density at radius 3 is 2.83 bits per heavy atom. The maximum Gasteiger partial charge on any atom is 0.193 e. The maximum absolute atomic E-state index is 12.6. The van der Waals surface area contributed by atoms with Gasteiger partial charge in [0.25, 0.3) is 0 Å². The van der Waals surface area contributed by atoms with E-state index in [1.807, 2.05) is 42.5 Å². The smallest absolute Gasteiger partial charge is 0.193 e. The fourth-order valence-electron chi connectivity index (χ4n) is 2.84. The van der Waals surface area contributed by atoms with E-state index in [9.17, 15) is 4.79 Å². The van der Waals surface area contributed by atoms with Gasteiger partial charge in [0.15, 0.2) is 10.9 Å². The molecule has 24 heavy (non-hydrogen) atoms. The lowest BCUT2D eigenvalue weighted by atomic mass is 9.92. The number of anilines is 2. The van der Waals surface area contributed by atoms with E-state index in [1.54, 1.807) is 0 Å². The Morgan fingerprint density at radius 2 is 2.00 bits per heavy atom. The molecule has 1 saturated heterocycles. The van der Waals surface area contributed by atoms with Crippen LogP contribution in [0.15, 0.2) is 35.9 Å². The minimum absolute atomic E-state index is 0.0221. The normalized spacial score (nSPS) is 18.9. The Labute approximate surface area is 144 Å². The molecular weight excluding hydrogens is 322 g/mol. The highest BCUT2D eigenvalue weighted by molar-refractivity contribution is 7.17. The number of rotatable bonds is 2. The number of carbonyl (C=O) groups excluding carboxylic acids is 1. The van der Waals surface area contributed by atoms with Crippen LogP contribution in [-0.2, 0) is 4.74 Å². The van der Waals surface area contributed by atoms with Crippen molar-refractivity contribution in [3.05, 3.63) is 51.9 Å². The van der Waals surface area contributed by atoms with E-state index >= 15 is 0 Å². The first kappa shape index (κ1) is 15.1. The average Bonchev–Trinajstić information content (AvgIpc) is 2.99. The van der Waals surface area contributed by atoms with Crippen molar-refractivity contribution < 1.29 is 9.53 Å². The molecular formula is C18H17N3O2S. The minimum Gasteiger partial charge on any atom is -0.382 e. The summed E-state index contributed by atoms with van der Waals surface area (Å²) in [6, 6.07) is 7.61. The molecule has 0 amide bonds. The molecule has 0 saturated carbocycles. The number of Topliss-reactive ketones (excluding diaryl/α,β-unsaturated/α-hetero) is 1. The van der Waals surface area contributed by atoms with E-state index in [1.165, 1.54) is 11.3 Å². The molecule has 6 heteroatoms. The van der Waals surface area contributed by atoms with Crippen molar-refractivity contribution in [2.45, 2.75) is 0 Å². The number of hydrogen-bond acceptors (Lipinski definition) is 6. The number of thiazole rings is 1. The molecule has 1 fully saturated rings. The quantitative estimate of drug-likeness (QED) is 0.852. The molecule has 122 valence electrons. The van der Waals surface area contributed by atoms with Crippen LogP contribution in [0.5, 0.6) is 0 Å². The third-order valence-corrected chi connectivity index (χ3v) is 5.23. The topological polar surface area (TPSA) is 68.4 Å². The number of aromatic nitrogens is 1. The monoisotopic (exact) mass is 339 g/mol. The molecule has 4 rings (SSSR count). The van der Waals surface area contributed by atoms with Crippen LogP contribution in [0.2, 0.25) is 0 Å². The summed E-state index contributed by atoms with van der Waals surface area (Å²) in [6.07, 6.45) is 5.65. The van der Waals surface area contributed by atoms with Crippen LogP contribution >= 0.6 is 11.3 Å². The molecule has 0 bridgehead atoms. The van der Waals surface area contributed by atoms with Crippen LogP contribution in [0.4, 0.5) is 10.9 Å². The molecule has 2 aliphatic rings. The molecule has 2 N–H and O–H groups in total. The number of hydrogen-bond donors (Lipinski definition) is 1. The lowest BCUT2D eigenvalue weighted by Gasteiger charge is -2.25. The molecule has 1 aromatic carbocycles. The number of morpholine rings is 1. The van der Waals surface area contributed by atoms with Gasteiger partial charge in [-0.1, -0.05) is 47.8 Å². The summed E-state index contributed by atoms with van der Waals surface area (Å²) in [5.41, 5.74) is 8.38. The Morgan fingerprint density at radius 1 is 1.21 bits per heavy atom. The third-order valence-electron chi connectivity index (χ3n) is 4.15. The molecule has 1 aliphatic heterocycles. The zero-order valence-corrected chi connectivity index (χ0v) is 13.9. The average molecular weight is 339 g/mol. The second-order valence-corrected chi connectivity index (χ2v) is 6.70.